The molecule has 9 heteroatoms. The molecule has 0 amide bonds. The molecule has 1 fully saturated rings. The van der Waals surface area contributed by atoms with Crippen molar-refractivity contribution in [2.45, 2.75) is 10.3 Å². The van der Waals surface area contributed by atoms with Crippen molar-refractivity contribution in [2.24, 2.45) is 0 Å². The van der Waals surface area contributed by atoms with Crippen molar-refractivity contribution in [3.05, 3.63) is 11.4 Å². The fraction of sp³-hybridized carbons (Fsp3) is 0.500. The minimum absolute atomic E-state index is 0.00718. The Morgan fingerprint density at radius 2 is 2.37 bits per heavy atom. The Labute approximate surface area is 115 Å². The maximum absolute atomic E-state index is 12.4. The van der Waals surface area contributed by atoms with Gasteiger partial charge in [-0.05, 0) is 6.07 Å². The van der Waals surface area contributed by atoms with E-state index in [-0.39, 0.29) is 24.0 Å². The molecule has 0 saturated carbocycles. The van der Waals surface area contributed by atoms with Crippen LogP contribution in [0.1, 0.15) is 0 Å². The van der Waals surface area contributed by atoms with Crippen LogP contribution in [-0.4, -0.2) is 51.6 Å². The van der Waals surface area contributed by atoms with E-state index in [1.54, 1.807) is 5.38 Å². The molecule has 0 radical (unpaired) electrons. The minimum Gasteiger partial charge on any atom is -0.468 e. The van der Waals surface area contributed by atoms with Crippen molar-refractivity contribution in [3.63, 3.8) is 0 Å². The second-order valence-corrected chi connectivity index (χ2v) is 6.96. The van der Waals surface area contributed by atoms with Gasteiger partial charge >= 0.3 is 5.97 Å². The quantitative estimate of drug-likeness (QED) is 0.783. The van der Waals surface area contributed by atoms with E-state index in [1.807, 2.05) is 0 Å². The van der Waals surface area contributed by atoms with Crippen molar-refractivity contribution in [3.8, 4) is 0 Å². The summed E-state index contributed by atoms with van der Waals surface area (Å²) in [6.07, 6.45) is 0. The number of thiophene rings is 1. The maximum Gasteiger partial charge on any atom is 0.326 e. The van der Waals surface area contributed by atoms with Crippen LogP contribution in [0.4, 0.5) is 5.69 Å². The molecular weight excluding hydrogens is 292 g/mol. The fourth-order valence-electron chi connectivity index (χ4n) is 1.78. The van der Waals surface area contributed by atoms with Gasteiger partial charge in [0.2, 0.25) is 0 Å². The molecule has 0 aliphatic carbocycles. The van der Waals surface area contributed by atoms with Gasteiger partial charge in [-0.1, -0.05) is 0 Å². The summed E-state index contributed by atoms with van der Waals surface area (Å²) >= 11 is 1.02. The third-order valence-corrected chi connectivity index (χ3v) is 6.05. The van der Waals surface area contributed by atoms with E-state index in [0.29, 0.717) is 5.69 Å². The molecule has 1 atom stereocenters. The van der Waals surface area contributed by atoms with Crippen LogP contribution in [0.25, 0.3) is 0 Å². The van der Waals surface area contributed by atoms with Gasteiger partial charge in [0, 0.05) is 17.6 Å². The number of carbonyl (C=O) groups is 1. The van der Waals surface area contributed by atoms with E-state index in [1.165, 1.54) is 13.2 Å². The normalized spacial score (nSPS) is 21.2. The van der Waals surface area contributed by atoms with Gasteiger partial charge in [-0.2, -0.15) is 4.31 Å². The lowest BCUT2D eigenvalue weighted by molar-refractivity contribution is -0.149. The first-order valence-electron chi connectivity index (χ1n) is 5.48. The number of nitrogens with two attached hydrogens (primary N) is 1. The SMILES string of the molecule is COC(=O)C1COCCN1S(=O)(=O)c1cc(N)cs1. The number of methoxy groups -OCH3 is 1. The molecule has 1 aromatic heterocycles. The maximum atomic E-state index is 12.4. The highest BCUT2D eigenvalue weighted by Crippen LogP contribution is 2.27. The molecule has 0 spiro atoms. The van der Waals surface area contributed by atoms with Gasteiger partial charge in [-0.25, -0.2) is 8.42 Å². The molecule has 106 valence electrons. The van der Waals surface area contributed by atoms with Gasteiger partial charge in [0.25, 0.3) is 10.0 Å². The smallest absolute Gasteiger partial charge is 0.326 e. The lowest BCUT2D eigenvalue weighted by Gasteiger charge is -2.32. The van der Waals surface area contributed by atoms with Crippen LogP contribution < -0.4 is 5.73 Å². The van der Waals surface area contributed by atoms with Crippen LogP contribution >= 0.6 is 11.3 Å². The predicted octanol–water partition coefficient (Wildman–Crippen LogP) is -0.107. The highest BCUT2D eigenvalue weighted by molar-refractivity contribution is 7.91. The number of morpholine rings is 1. The lowest BCUT2D eigenvalue weighted by Crippen LogP contribution is -2.52. The Morgan fingerprint density at radius 1 is 1.63 bits per heavy atom. The van der Waals surface area contributed by atoms with E-state index in [0.717, 1.165) is 15.6 Å². The van der Waals surface area contributed by atoms with Gasteiger partial charge in [0.1, 0.15) is 10.3 Å². The number of nitrogens with zero attached hydrogens (tertiary/aromatic N) is 1. The molecule has 0 aromatic carbocycles. The largest absolute Gasteiger partial charge is 0.468 e. The molecule has 1 unspecified atom stereocenters. The molecule has 1 aromatic rings. The molecule has 2 heterocycles. The molecule has 2 rings (SSSR count). The fourth-order valence-corrected chi connectivity index (χ4v) is 4.53. The van der Waals surface area contributed by atoms with Crippen LogP contribution in [0.2, 0.25) is 0 Å². The Morgan fingerprint density at radius 3 is 2.95 bits per heavy atom. The monoisotopic (exact) mass is 306 g/mol. The number of carbonyl (C=O) groups excluding carboxylic acids is 1. The van der Waals surface area contributed by atoms with E-state index in [2.05, 4.69) is 4.74 Å². The van der Waals surface area contributed by atoms with E-state index < -0.39 is 22.0 Å². The Kier molecular flexibility index (Phi) is 4.09. The number of nitrogen functional groups attached to an aromatic ring is 1. The van der Waals surface area contributed by atoms with Gasteiger partial charge in [0.15, 0.2) is 0 Å². The number of rotatable bonds is 3. The molecule has 7 nitrogen and oxygen atoms in total. The first kappa shape index (κ1) is 14.3. The van der Waals surface area contributed by atoms with Gasteiger partial charge in [0.05, 0.1) is 20.3 Å². The van der Waals surface area contributed by atoms with E-state index >= 15 is 0 Å². The van der Waals surface area contributed by atoms with Gasteiger partial charge in [-0.3, -0.25) is 4.79 Å². The summed E-state index contributed by atoms with van der Waals surface area (Å²) in [6.45, 7) is 0.347. The Bertz CT molecular complexity index is 568. The van der Waals surface area contributed by atoms with Crippen molar-refractivity contribution in [2.75, 3.05) is 32.6 Å². The molecule has 1 saturated heterocycles. The van der Waals surface area contributed by atoms with Crippen LogP contribution in [0.5, 0.6) is 0 Å². The zero-order valence-electron chi connectivity index (χ0n) is 10.2. The van der Waals surface area contributed by atoms with Crippen LogP contribution in [-0.2, 0) is 24.3 Å². The summed E-state index contributed by atoms with van der Waals surface area (Å²) in [5.74, 6) is -0.632. The average molecular weight is 306 g/mol. The van der Waals surface area contributed by atoms with Crippen molar-refractivity contribution < 1.29 is 22.7 Å². The third kappa shape index (κ3) is 2.73. The van der Waals surface area contributed by atoms with Crippen molar-refractivity contribution >= 4 is 33.0 Å². The molecule has 19 heavy (non-hydrogen) atoms. The zero-order valence-corrected chi connectivity index (χ0v) is 11.9. The first-order valence-corrected chi connectivity index (χ1v) is 7.80. The van der Waals surface area contributed by atoms with Crippen LogP contribution in [0.15, 0.2) is 15.7 Å². The minimum atomic E-state index is -3.75. The number of ether oxygens (including phenoxy) is 2. The summed E-state index contributed by atoms with van der Waals surface area (Å²) < 4.78 is 35.9. The topological polar surface area (TPSA) is 98.9 Å². The lowest BCUT2D eigenvalue weighted by atomic mass is 10.3. The molecule has 1 aliphatic heterocycles. The standard InChI is InChI=1S/C10H14N2O5S2/c1-16-10(13)8-5-17-3-2-12(8)19(14,15)9-4-7(11)6-18-9/h4,6,8H,2-3,5,11H2,1H3. The average Bonchev–Trinajstić information content (AvgIpc) is 2.85. The molecule has 1 aliphatic rings. The number of anilines is 1. The Hall–Kier alpha value is -1.16. The van der Waals surface area contributed by atoms with Gasteiger partial charge in [-0.15, -0.1) is 11.3 Å². The highest BCUT2D eigenvalue weighted by Gasteiger charge is 2.39. The second kappa shape index (κ2) is 5.45. The van der Waals surface area contributed by atoms with Crippen molar-refractivity contribution in [1.29, 1.82) is 0 Å². The first-order chi connectivity index (χ1) is 8.96. The zero-order chi connectivity index (χ0) is 14.0. The van der Waals surface area contributed by atoms with E-state index in [9.17, 15) is 13.2 Å². The highest BCUT2D eigenvalue weighted by atomic mass is 32.2. The summed E-state index contributed by atoms with van der Waals surface area (Å²) in [6, 6.07) is 0.427. The predicted molar refractivity (Wildman–Crippen MR) is 69.2 cm³/mol. The number of hydrogen-bond donors (Lipinski definition) is 1. The second-order valence-electron chi connectivity index (χ2n) is 3.93. The summed E-state index contributed by atoms with van der Waals surface area (Å²) in [7, 11) is -2.54. The van der Waals surface area contributed by atoms with Crippen LogP contribution in [0.3, 0.4) is 0 Å². The summed E-state index contributed by atoms with van der Waals surface area (Å²) in [5.41, 5.74) is 5.92. The third-order valence-electron chi connectivity index (χ3n) is 2.71. The summed E-state index contributed by atoms with van der Waals surface area (Å²) in [5, 5.41) is 1.54. The summed E-state index contributed by atoms with van der Waals surface area (Å²) in [4.78, 5) is 11.6. The Balaban J connectivity index is 2.34. The number of sulfonamides is 1. The van der Waals surface area contributed by atoms with E-state index in [4.69, 9.17) is 10.5 Å². The molecular formula is C10H14N2O5S2. The molecule has 0 bridgehead atoms. The van der Waals surface area contributed by atoms with Crippen LogP contribution in [0, 0.1) is 0 Å². The van der Waals surface area contributed by atoms with Gasteiger partial charge < -0.3 is 15.2 Å². The number of esters is 1. The van der Waals surface area contributed by atoms with Crippen molar-refractivity contribution in [1.82, 2.24) is 4.31 Å². The number of hydrogen-bond acceptors (Lipinski definition) is 7. The molecule has 2 N–H and O–H groups in total.